The van der Waals surface area contributed by atoms with Crippen LogP contribution in [0.1, 0.15) is 22.8 Å². The van der Waals surface area contributed by atoms with Gasteiger partial charge in [-0.2, -0.15) is 22.0 Å². The van der Waals surface area contributed by atoms with E-state index >= 15 is 0 Å². The van der Waals surface area contributed by atoms with Crippen LogP contribution in [0.2, 0.25) is 0 Å². The highest BCUT2D eigenvalue weighted by Crippen LogP contribution is 2.43. The van der Waals surface area contributed by atoms with Gasteiger partial charge in [0.25, 0.3) is 5.91 Å². The highest BCUT2D eigenvalue weighted by Gasteiger charge is 2.63. The van der Waals surface area contributed by atoms with Gasteiger partial charge in [-0.25, -0.2) is 4.79 Å². The van der Waals surface area contributed by atoms with Crippen LogP contribution in [0, 0.1) is 0 Å². The fraction of sp³-hybridized carbons (Fsp3) is 0.353. The van der Waals surface area contributed by atoms with E-state index in [0.29, 0.717) is 4.90 Å². The van der Waals surface area contributed by atoms with Crippen molar-refractivity contribution >= 4 is 23.5 Å². The molecular weight excluding hydrogens is 409 g/mol. The highest BCUT2D eigenvalue weighted by atomic mass is 19.4. The molecule has 1 amide bonds. The number of ether oxygens (including phenoxy) is 3. The van der Waals surface area contributed by atoms with Crippen molar-refractivity contribution in [2.24, 2.45) is 0 Å². The molecule has 1 aromatic rings. The Balaban J connectivity index is 2.44. The molecule has 0 spiro atoms. The summed E-state index contributed by atoms with van der Waals surface area (Å²) in [5, 5.41) is 0. The number of esters is 2. The molecular formula is C17H14F5NO6. The van der Waals surface area contributed by atoms with Crippen LogP contribution in [-0.2, 0) is 23.8 Å². The second kappa shape index (κ2) is 8.05. The average molecular weight is 423 g/mol. The number of benzene rings is 1. The van der Waals surface area contributed by atoms with E-state index in [4.69, 9.17) is 0 Å². The number of amides is 1. The molecule has 0 radical (unpaired) electrons. The van der Waals surface area contributed by atoms with E-state index in [1.807, 2.05) is 0 Å². The van der Waals surface area contributed by atoms with E-state index in [-0.39, 0.29) is 17.7 Å². The number of nitrogens with zero attached hydrogens (tertiary/aromatic N) is 1. The summed E-state index contributed by atoms with van der Waals surface area (Å²) in [4.78, 5) is 35.8. The van der Waals surface area contributed by atoms with Gasteiger partial charge in [-0.15, -0.1) is 0 Å². The summed E-state index contributed by atoms with van der Waals surface area (Å²) < 4.78 is 76.7. The SMILES string of the molecule is CCOC(=O)CN1C(=O)C(OC(F)(F)C(F)(F)F)=C1c1ccc(C(=O)OC)cc1. The maximum atomic E-state index is 13.3. The zero-order valence-electron chi connectivity index (χ0n) is 15.0. The molecule has 1 aliphatic rings. The number of rotatable bonds is 7. The number of methoxy groups -OCH3 is 1. The average Bonchev–Trinajstić information content (AvgIpc) is 2.65. The second-order valence-electron chi connectivity index (χ2n) is 5.56. The van der Waals surface area contributed by atoms with Crippen LogP contribution in [0.25, 0.3) is 5.70 Å². The van der Waals surface area contributed by atoms with Crippen molar-refractivity contribution < 1.29 is 50.5 Å². The van der Waals surface area contributed by atoms with E-state index in [9.17, 15) is 36.3 Å². The molecule has 7 nitrogen and oxygen atoms in total. The molecule has 0 atom stereocenters. The van der Waals surface area contributed by atoms with Crippen LogP contribution in [0.5, 0.6) is 0 Å². The van der Waals surface area contributed by atoms with Gasteiger partial charge in [0.05, 0.1) is 19.3 Å². The van der Waals surface area contributed by atoms with E-state index in [2.05, 4.69) is 14.2 Å². The Kier molecular flexibility index (Phi) is 6.14. The Hall–Kier alpha value is -3.18. The molecule has 0 aliphatic carbocycles. The summed E-state index contributed by atoms with van der Waals surface area (Å²) in [5.41, 5.74) is -0.472. The minimum Gasteiger partial charge on any atom is -0.465 e. The monoisotopic (exact) mass is 423 g/mol. The predicted molar refractivity (Wildman–Crippen MR) is 85.1 cm³/mol. The molecule has 0 unspecified atom stereocenters. The molecule has 1 aliphatic heterocycles. The first-order valence-electron chi connectivity index (χ1n) is 7.97. The number of halogens is 5. The van der Waals surface area contributed by atoms with Gasteiger partial charge in [0.2, 0.25) is 5.76 Å². The van der Waals surface area contributed by atoms with E-state index in [1.165, 1.54) is 31.2 Å². The van der Waals surface area contributed by atoms with Gasteiger partial charge in [-0.3, -0.25) is 14.5 Å². The number of carbonyl (C=O) groups excluding carboxylic acids is 3. The Labute approximate surface area is 160 Å². The van der Waals surface area contributed by atoms with Crippen molar-refractivity contribution in [1.29, 1.82) is 0 Å². The second-order valence-corrected chi connectivity index (χ2v) is 5.56. The number of hydrogen-bond donors (Lipinski definition) is 0. The summed E-state index contributed by atoms with van der Waals surface area (Å²) in [6.07, 6.45) is -11.7. The molecule has 1 aromatic carbocycles. The Morgan fingerprint density at radius 1 is 1.07 bits per heavy atom. The molecule has 0 fully saturated rings. The Bertz CT molecular complexity index is 847. The third-order valence-corrected chi connectivity index (χ3v) is 3.66. The van der Waals surface area contributed by atoms with E-state index < -0.39 is 48.1 Å². The number of alkyl halides is 5. The molecule has 0 N–H and O–H groups in total. The fourth-order valence-corrected chi connectivity index (χ4v) is 2.33. The van der Waals surface area contributed by atoms with Crippen LogP contribution >= 0.6 is 0 Å². The molecule has 0 bridgehead atoms. The maximum absolute atomic E-state index is 13.3. The van der Waals surface area contributed by atoms with Crippen molar-refractivity contribution in [3.8, 4) is 0 Å². The quantitative estimate of drug-likeness (QED) is 0.496. The largest absolute Gasteiger partial charge is 0.499 e. The Morgan fingerprint density at radius 3 is 2.14 bits per heavy atom. The minimum absolute atomic E-state index is 0.0385. The topological polar surface area (TPSA) is 82.1 Å². The van der Waals surface area contributed by atoms with Gasteiger partial charge in [0.15, 0.2) is 0 Å². The summed E-state index contributed by atoms with van der Waals surface area (Å²) in [6, 6.07) is 4.72. The van der Waals surface area contributed by atoms with Crippen LogP contribution in [0.3, 0.4) is 0 Å². The Morgan fingerprint density at radius 2 is 1.66 bits per heavy atom. The zero-order valence-corrected chi connectivity index (χ0v) is 15.0. The van der Waals surface area contributed by atoms with Crippen molar-refractivity contribution in [2.75, 3.05) is 20.3 Å². The lowest BCUT2D eigenvalue weighted by Crippen LogP contribution is -2.49. The molecule has 29 heavy (non-hydrogen) atoms. The first-order chi connectivity index (χ1) is 13.4. The lowest BCUT2D eigenvalue weighted by Gasteiger charge is -2.36. The highest BCUT2D eigenvalue weighted by molar-refractivity contribution is 6.13. The molecule has 0 saturated heterocycles. The third-order valence-electron chi connectivity index (χ3n) is 3.66. The van der Waals surface area contributed by atoms with E-state index in [0.717, 1.165) is 7.11 Å². The summed E-state index contributed by atoms with van der Waals surface area (Å²) in [7, 11) is 1.12. The smallest absolute Gasteiger partial charge is 0.465 e. The van der Waals surface area contributed by atoms with Crippen molar-refractivity contribution in [2.45, 2.75) is 19.2 Å². The normalized spacial score (nSPS) is 14.4. The summed E-state index contributed by atoms with van der Waals surface area (Å²) >= 11 is 0. The van der Waals surface area contributed by atoms with Crippen LogP contribution in [0.15, 0.2) is 30.0 Å². The van der Waals surface area contributed by atoms with Crippen molar-refractivity contribution in [1.82, 2.24) is 4.90 Å². The summed E-state index contributed by atoms with van der Waals surface area (Å²) in [6.45, 7) is 0.713. The van der Waals surface area contributed by atoms with Gasteiger partial charge in [0, 0.05) is 5.56 Å². The first kappa shape index (κ1) is 22.1. The first-order valence-corrected chi connectivity index (χ1v) is 7.97. The third kappa shape index (κ3) is 4.46. The molecule has 12 heteroatoms. The molecule has 1 heterocycles. The predicted octanol–water partition coefficient (Wildman–Crippen LogP) is 2.72. The lowest BCUT2D eigenvalue weighted by molar-refractivity contribution is -0.379. The zero-order chi connectivity index (χ0) is 22.0. The van der Waals surface area contributed by atoms with Crippen LogP contribution in [0.4, 0.5) is 22.0 Å². The molecule has 158 valence electrons. The number of carbonyl (C=O) groups is 3. The summed E-state index contributed by atoms with van der Waals surface area (Å²) in [5.74, 6) is -4.26. The van der Waals surface area contributed by atoms with Gasteiger partial charge in [-0.05, 0) is 19.1 Å². The van der Waals surface area contributed by atoms with Crippen molar-refractivity contribution in [3.05, 3.63) is 41.2 Å². The van der Waals surface area contributed by atoms with Crippen LogP contribution < -0.4 is 0 Å². The van der Waals surface area contributed by atoms with E-state index in [1.54, 1.807) is 0 Å². The van der Waals surface area contributed by atoms with Gasteiger partial charge in [-0.1, -0.05) is 12.1 Å². The van der Waals surface area contributed by atoms with Crippen molar-refractivity contribution in [3.63, 3.8) is 0 Å². The molecule has 0 saturated carbocycles. The molecule has 2 rings (SSSR count). The minimum atomic E-state index is -6.07. The van der Waals surface area contributed by atoms with Gasteiger partial charge in [0.1, 0.15) is 12.2 Å². The molecule has 0 aromatic heterocycles. The van der Waals surface area contributed by atoms with Gasteiger partial charge >= 0.3 is 24.2 Å². The number of hydrogen-bond acceptors (Lipinski definition) is 6. The fourth-order valence-electron chi connectivity index (χ4n) is 2.33. The lowest BCUT2D eigenvalue weighted by atomic mass is 10.0. The van der Waals surface area contributed by atoms with Crippen LogP contribution in [-0.4, -0.2) is 55.3 Å². The van der Waals surface area contributed by atoms with Gasteiger partial charge < -0.3 is 14.2 Å². The standard InChI is InChI=1S/C17H14F5NO6/c1-3-28-11(24)8-23-12(9-4-6-10(7-5-9)15(26)27-2)13(14(23)25)29-17(21,22)16(18,19)20/h4-7H,3,8H2,1-2H3. The maximum Gasteiger partial charge on any atom is 0.499 e.